The summed E-state index contributed by atoms with van der Waals surface area (Å²) in [5.41, 5.74) is 3.74. The first-order chi connectivity index (χ1) is 9.58. The highest BCUT2D eigenvalue weighted by atomic mass is 32.1. The average Bonchev–Trinajstić information content (AvgIpc) is 2.96. The second-order valence-corrected chi connectivity index (χ2v) is 5.71. The number of thiophene rings is 1. The molecule has 1 N–H and O–H groups in total. The molecule has 3 rings (SSSR count). The molecule has 2 heterocycles. The number of aryl methyl sites for hydroxylation is 2. The quantitative estimate of drug-likeness (QED) is 0.763. The van der Waals surface area contributed by atoms with Gasteiger partial charge in [-0.25, -0.2) is 9.78 Å². The van der Waals surface area contributed by atoms with E-state index in [1.807, 2.05) is 43.5 Å². The Kier molecular flexibility index (Phi) is 3.03. The van der Waals surface area contributed by atoms with Crippen LogP contribution in [0.5, 0.6) is 0 Å². The van der Waals surface area contributed by atoms with E-state index >= 15 is 0 Å². The van der Waals surface area contributed by atoms with Crippen molar-refractivity contribution in [2.75, 3.05) is 0 Å². The van der Waals surface area contributed by atoms with E-state index in [0.717, 1.165) is 32.6 Å². The molecule has 0 atom stereocenters. The van der Waals surface area contributed by atoms with Gasteiger partial charge in [-0.2, -0.15) is 0 Å². The van der Waals surface area contributed by atoms with Crippen molar-refractivity contribution in [2.24, 2.45) is 0 Å². The Hall–Kier alpha value is -2.20. The molecule has 0 saturated carbocycles. The third-order valence-electron chi connectivity index (χ3n) is 3.37. The fourth-order valence-electron chi connectivity index (χ4n) is 2.36. The average molecular weight is 283 g/mol. The summed E-state index contributed by atoms with van der Waals surface area (Å²) in [6, 6.07) is 9.49. The molecular formula is C16H13NO2S. The van der Waals surface area contributed by atoms with Gasteiger partial charge >= 0.3 is 5.97 Å². The Morgan fingerprint density at radius 1 is 1.20 bits per heavy atom. The van der Waals surface area contributed by atoms with Crippen LogP contribution in [-0.4, -0.2) is 16.1 Å². The molecule has 3 aromatic rings. The number of fused-ring (bicyclic) bond motifs is 1. The number of hydrogen-bond donors (Lipinski definition) is 1. The second kappa shape index (κ2) is 4.72. The molecule has 0 aliphatic heterocycles. The molecule has 2 aromatic heterocycles. The zero-order valence-corrected chi connectivity index (χ0v) is 12.0. The van der Waals surface area contributed by atoms with Crippen LogP contribution < -0.4 is 0 Å². The van der Waals surface area contributed by atoms with Crippen LogP contribution in [0, 0.1) is 13.8 Å². The van der Waals surface area contributed by atoms with E-state index in [0.29, 0.717) is 5.56 Å². The first-order valence-corrected chi connectivity index (χ1v) is 7.14. The Labute approximate surface area is 120 Å². The van der Waals surface area contributed by atoms with Gasteiger partial charge in [0.2, 0.25) is 0 Å². The zero-order valence-electron chi connectivity index (χ0n) is 11.2. The molecule has 4 heteroatoms. The minimum absolute atomic E-state index is 0.319. The summed E-state index contributed by atoms with van der Waals surface area (Å²) in [6.07, 6.45) is 0. The molecule has 1 aromatic carbocycles. The summed E-state index contributed by atoms with van der Waals surface area (Å²) in [4.78, 5) is 17.2. The summed E-state index contributed by atoms with van der Waals surface area (Å²) in [5.74, 6) is -0.913. The number of aromatic nitrogens is 1. The number of aromatic carboxylic acids is 1. The van der Waals surface area contributed by atoms with Crippen LogP contribution in [0.2, 0.25) is 0 Å². The van der Waals surface area contributed by atoms with E-state index in [4.69, 9.17) is 0 Å². The lowest BCUT2D eigenvalue weighted by molar-refractivity contribution is 0.0699. The molecule has 0 fully saturated rings. The Bertz CT molecular complexity index is 807. The second-order valence-electron chi connectivity index (χ2n) is 4.76. The van der Waals surface area contributed by atoms with Gasteiger partial charge in [0.05, 0.1) is 21.7 Å². The van der Waals surface area contributed by atoms with E-state index in [1.54, 1.807) is 17.4 Å². The van der Waals surface area contributed by atoms with Gasteiger partial charge in [-0.3, -0.25) is 0 Å². The molecule has 0 radical (unpaired) electrons. The molecule has 0 bridgehead atoms. The maximum absolute atomic E-state index is 11.6. The topological polar surface area (TPSA) is 50.2 Å². The number of benzene rings is 1. The highest BCUT2D eigenvalue weighted by Gasteiger charge is 2.16. The fourth-order valence-corrected chi connectivity index (χ4v) is 3.05. The van der Waals surface area contributed by atoms with Gasteiger partial charge in [0.15, 0.2) is 0 Å². The van der Waals surface area contributed by atoms with Gasteiger partial charge in [-0.15, -0.1) is 11.3 Å². The SMILES string of the molecule is Cc1ccc(C)c2c(C(=O)O)cc(-c3cccs3)nc12. The lowest BCUT2D eigenvalue weighted by Crippen LogP contribution is -2.02. The van der Waals surface area contributed by atoms with E-state index in [1.165, 1.54) is 0 Å². The monoisotopic (exact) mass is 283 g/mol. The van der Waals surface area contributed by atoms with Crippen LogP contribution in [-0.2, 0) is 0 Å². The first-order valence-electron chi connectivity index (χ1n) is 6.26. The van der Waals surface area contributed by atoms with Crippen molar-refractivity contribution in [3.8, 4) is 10.6 Å². The molecule has 0 saturated heterocycles. The third kappa shape index (κ3) is 1.98. The predicted octanol–water partition coefficient (Wildman–Crippen LogP) is 4.28. The van der Waals surface area contributed by atoms with Crippen molar-refractivity contribution < 1.29 is 9.90 Å². The third-order valence-corrected chi connectivity index (χ3v) is 4.27. The van der Waals surface area contributed by atoms with Crippen LogP contribution in [0.3, 0.4) is 0 Å². The molecule has 0 aliphatic rings. The number of nitrogens with zero attached hydrogens (tertiary/aromatic N) is 1. The van der Waals surface area contributed by atoms with Crippen LogP contribution in [0.25, 0.3) is 21.5 Å². The van der Waals surface area contributed by atoms with Gasteiger partial charge in [-0.05, 0) is 42.5 Å². The lowest BCUT2D eigenvalue weighted by Gasteiger charge is -2.10. The molecule has 20 heavy (non-hydrogen) atoms. The van der Waals surface area contributed by atoms with Crippen LogP contribution in [0.1, 0.15) is 21.5 Å². The number of carbonyl (C=O) groups is 1. The molecule has 0 unspecified atom stereocenters. The molecule has 3 nitrogen and oxygen atoms in total. The molecule has 100 valence electrons. The number of rotatable bonds is 2. The Balaban J connectivity index is 2.43. The van der Waals surface area contributed by atoms with Gasteiger partial charge in [-0.1, -0.05) is 18.2 Å². The molecule has 0 spiro atoms. The minimum atomic E-state index is -0.913. The largest absolute Gasteiger partial charge is 0.478 e. The summed E-state index contributed by atoms with van der Waals surface area (Å²) in [5, 5.41) is 12.2. The van der Waals surface area contributed by atoms with Gasteiger partial charge in [0.25, 0.3) is 0 Å². The number of hydrogen-bond acceptors (Lipinski definition) is 3. The summed E-state index contributed by atoms with van der Waals surface area (Å²) in [6.45, 7) is 3.87. The predicted molar refractivity (Wildman–Crippen MR) is 81.5 cm³/mol. The van der Waals surface area contributed by atoms with E-state index in [-0.39, 0.29) is 0 Å². The summed E-state index contributed by atoms with van der Waals surface area (Å²) in [7, 11) is 0. The van der Waals surface area contributed by atoms with Gasteiger partial charge in [0, 0.05) is 5.39 Å². The van der Waals surface area contributed by atoms with Crippen LogP contribution in [0.4, 0.5) is 0 Å². The van der Waals surface area contributed by atoms with Gasteiger partial charge in [0.1, 0.15) is 0 Å². The highest BCUT2D eigenvalue weighted by Crippen LogP contribution is 2.30. The molecule has 0 aliphatic carbocycles. The van der Waals surface area contributed by atoms with Crippen molar-refractivity contribution in [1.29, 1.82) is 0 Å². The summed E-state index contributed by atoms with van der Waals surface area (Å²) < 4.78 is 0. The van der Waals surface area contributed by atoms with Gasteiger partial charge < -0.3 is 5.11 Å². The standard InChI is InChI=1S/C16H13NO2S/c1-9-5-6-10(2)15-14(9)11(16(18)19)8-12(17-15)13-4-3-7-20-13/h3-8H,1-2H3,(H,18,19). The van der Waals surface area contributed by atoms with Crippen molar-refractivity contribution >= 4 is 28.2 Å². The van der Waals surface area contributed by atoms with E-state index in [2.05, 4.69) is 4.98 Å². The van der Waals surface area contributed by atoms with Crippen molar-refractivity contribution in [1.82, 2.24) is 4.98 Å². The smallest absolute Gasteiger partial charge is 0.336 e. The summed E-state index contributed by atoms with van der Waals surface area (Å²) >= 11 is 1.56. The number of carboxylic acids is 1. The molecule has 0 amide bonds. The Morgan fingerprint density at radius 3 is 2.60 bits per heavy atom. The first kappa shape index (κ1) is 12.8. The van der Waals surface area contributed by atoms with Crippen LogP contribution >= 0.6 is 11.3 Å². The van der Waals surface area contributed by atoms with Crippen molar-refractivity contribution in [3.63, 3.8) is 0 Å². The van der Waals surface area contributed by atoms with E-state index < -0.39 is 5.97 Å². The molecular weight excluding hydrogens is 270 g/mol. The van der Waals surface area contributed by atoms with Crippen molar-refractivity contribution in [2.45, 2.75) is 13.8 Å². The number of pyridine rings is 1. The maximum atomic E-state index is 11.6. The zero-order chi connectivity index (χ0) is 14.3. The fraction of sp³-hybridized carbons (Fsp3) is 0.125. The number of carboxylic acid groups (broad SMARTS) is 1. The normalized spacial score (nSPS) is 10.9. The highest BCUT2D eigenvalue weighted by molar-refractivity contribution is 7.13. The van der Waals surface area contributed by atoms with E-state index in [9.17, 15) is 9.90 Å². The Morgan fingerprint density at radius 2 is 1.95 bits per heavy atom. The maximum Gasteiger partial charge on any atom is 0.336 e. The van der Waals surface area contributed by atoms with Crippen LogP contribution in [0.15, 0.2) is 35.7 Å². The van der Waals surface area contributed by atoms with Crippen molar-refractivity contribution in [3.05, 3.63) is 52.4 Å². The lowest BCUT2D eigenvalue weighted by atomic mass is 9.99. The minimum Gasteiger partial charge on any atom is -0.478 e.